The minimum Gasteiger partial charge on any atom is -0.382 e. The molecule has 1 amide bonds. The fraction of sp³-hybridized carbons (Fsp3) is 0.412. The average Bonchev–Trinajstić information content (AvgIpc) is 3.15. The van der Waals surface area contributed by atoms with Gasteiger partial charge in [-0.3, -0.25) is 9.37 Å². The number of rotatable bonds is 6. The highest BCUT2D eigenvalue weighted by atomic mass is 32.1. The van der Waals surface area contributed by atoms with Gasteiger partial charge in [0.2, 0.25) is 0 Å². The van der Waals surface area contributed by atoms with Crippen LogP contribution in [-0.4, -0.2) is 30.7 Å². The van der Waals surface area contributed by atoms with Gasteiger partial charge in [0.15, 0.2) is 12.8 Å². The zero-order valence-electron chi connectivity index (χ0n) is 13.4. The number of carbonyl (C=O) groups excluding carboxylic acids is 1. The van der Waals surface area contributed by atoms with E-state index in [0.717, 1.165) is 39.8 Å². The maximum atomic E-state index is 12.3. The molecule has 126 valence electrons. The molecule has 2 aromatic rings. The molecular weight excluding hydrogens is 326 g/mol. The normalized spacial score (nSPS) is 19.5. The smallest absolute Gasteiger partial charge is 0.313 e. The summed E-state index contributed by atoms with van der Waals surface area (Å²) in [5, 5.41) is 10.4. The number of hydrogen-bond acceptors (Lipinski definition) is 6. The zero-order chi connectivity index (χ0) is 16.9. The lowest BCUT2D eigenvalue weighted by atomic mass is 10.2. The summed E-state index contributed by atoms with van der Waals surface area (Å²) in [7, 11) is 1.54. The number of methoxy groups -OCH3 is 1. The second-order valence-electron chi connectivity index (χ2n) is 5.52. The molecular formula is C17H18N3O3S-. The first-order chi connectivity index (χ1) is 11.7. The summed E-state index contributed by atoms with van der Waals surface area (Å²) < 4.78 is 12.9. The van der Waals surface area contributed by atoms with Crippen LogP contribution in [0.4, 0.5) is 0 Å². The van der Waals surface area contributed by atoms with Crippen molar-refractivity contribution < 1.29 is 14.3 Å². The van der Waals surface area contributed by atoms with Gasteiger partial charge in [-0.25, -0.2) is 0 Å². The van der Waals surface area contributed by atoms with Gasteiger partial charge in [-0.15, -0.1) is 17.4 Å². The standard InChI is InChI=1S/C17H18N3O3S/c1-22-10-14-17(21)20(11-23-14)12-6-7-13-15(9-12)24-16(19-13)5-3-2-4-8-18/h6-7,9,11,14H,2-5,10H2,1H3/q-1. The van der Waals surface area contributed by atoms with E-state index >= 15 is 0 Å². The Morgan fingerprint density at radius 2 is 2.42 bits per heavy atom. The Morgan fingerprint density at radius 3 is 3.21 bits per heavy atom. The van der Waals surface area contributed by atoms with E-state index < -0.39 is 6.10 Å². The Kier molecular flexibility index (Phi) is 5.30. The van der Waals surface area contributed by atoms with E-state index in [1.165, 1.54) is 11.3 Å². The molecule has 1 aromatic carbocycles. The molecule has 1 saturated heterocycles. The molecule has 1 aliphatic rings. The molecule has 3 rings (SSSR count). The maximum absolute atomic E-state index is 12.3. The largest absolute Gasteiger partial charge is 0.382 e. The predicted molar refractivity (Wildman–Crippen MR) is 89.7 cm³/mol. The van der Waals surface area contributed by atoms with E-state index in [4.69, 9.17) is 14.7 Å². The minimum absolute atomic E-state index is 0.127. The monoisotopic (exact) mass is 344 g/mol. The van der Waals surface area contributed by atoms with E-state index in [-0.39, 0.29) is 12.5 Å². The van der Waals surface area contributed by atoms with Crippen molar-refractivity contribution in [2.24, 2.45) is 0 Å². The number of carbonyl (C=O) groups is 1. The number of amides is 1. The van der Waals surface area contributed by atoms with Crippen molar-refractivity contribution in [3.05, 3.63) is 35.3 Å². The lowest BCUT2D eigenvalue weighted by Crippen LogP contribution is -2.34. The number of aromatic nitrogens is 1. The highest BCUT2D eigenvalue weighted by Crippen LogP contribution is 2.22. The Hall–Kier alpha value is -2.14. The molecule has 1 aromatic heterocycles. The van der Waals surface area contributed by atoms with Gasteiger partial charge in [-0.2, -0.15) is 17.4 Å². The number of unbranched alkanes of at least 4 members (excludes halogenated alkanes) is 2. The van der Waals surface area contributed by atoms with E-state index in [9.17, 15) is 4.79 Å². The second kappa shape index (κ2) is 7.62. The average molecular weight is 344 g/mol. The van der Waals surface area contributed by atoms with Crippen LogP contribution in [0.3, 0.4) is 0 Å². The third-order valence-electron chi connectivity index (χ3n) is 3.79. The van der Waals surface area contributed by atoms with Crippen molar-refractivity contribution in [2.75, 3.05) is 13.7 Å². The van der Waals surface area contributed by atoms with Crippen LogP contribution in [0.5, 0.6) is 0 Å². The first-order valence-corrected chi connectivity index (χ1v) is 8.62. The number of nitriles is 1. The van der Waals surface area contributed by atoms with Crippen molar-refractivity contribution in [3.8, 4) is 6.07 Å². The molecule has 0 bridgehead atoms. The van der Waals surface area contributed by atoms with E-state index in [1.807, 2.05) is 18.2 Å². The summed E-state index contributed by atoms with van der Waals surface area (Å²) in [6.45, 7) is 1.68. The molecule has 1 atom stereocenters. The van der Waals surface area contributed by atoms with Gasteiger partial charge >= 0.3 is 5.91 Å². The minimum atomic E-state index is -0.581. The maximum Gasteiger partial charge on any atom is 0.313 e. The lowest BCUT2D eigenvalue weighted by molar-refractivity contribution is -0.126. The molecule has 1 aliphatic heterocycles. The number of fused-ring (bicyclic) bond motifs is 1. The highest BCUT2D eigenvalue weighted by Gasteiger charge is 2.29. The quantitative estimate of drug-likeness (QED) is 0.453. The number of nitrogens with zero attached hydrogens (tertiary/aromatic N) is 3. The fourth-order valence-corrected chi connectivity index (χ4v) is 3.59. The molecule has 6 nitrogen and oxygen atoms in total. The van der Waals surface area contributed by atoms with Gasteiger partial charge in [0.05, 0.1) is 17.7 Å². The molecule has 0 aliphatic carbocycles. The van der Waals surface area contributed by atoms with Crippen molar-refractivity contribution in [2.45, 2.75) is 31.8 Å². The fourth-order valence-electron chi connectivity index (χ4n) is 2.55. The molecule has 7 heteroatoms. The van der Waals surface area contributed by atoms with Crippen molar-refractivity contribution in [1.82, 2.24) is 9.56 Å². The van der Waals surface area contributed by atoms with Crippen molar-refractivity contribution in [1.29, 1.82) is 5.26 Å². The van der Waals surface area contributed by atoms with Crippen LogP contribution in [0.1, 0.15) is 24.3 Å². The molecule has 24 heavy (non-hydrogen) atoms. The van der Waals surface area contributed by atoms with Gasteiger partial charge in [0.25, 0.3) is 0 Å². The molecule has 1 unspecified atom stereocenters. The van der Waals surface area contributed by atoms with Gasteiger partial charge in [0.1, 0.15) is 0 Å². The lowest BCUT2D eigenvalue weighted by Gasteiger charge is -2.04. The molecule has 0 N–H and O–H groups in total. The molecule has 0 saturated carbocycles. The van der Waals surface area contributed by atoms with Gasteiger partial charge in [0, 0.05) is 18.9 Å². The van der Waals surface area contributed by atoms with Crippen LogP contribution in [0.2, 0.25) is 0 Å². The van der Waals surface area contributed by atoms with Crippen LogP contribution in [0.15, 0.2) is 18.2 Å². The van der Waals surface area contributed by atoms with Crippen LogP contribution in [0, 0.1) is 18.1 Å². The Morgan fingerprint density at radius 1 is 1.54 bits per heavy atom. The third kappa shape index (κ3) is 3.51. The number of thiazole rings is 1. The Bertz CT molecular complexity index is 847. The van der Waals surface area contributed by atoms with E-state index in [1.54, 1.807) is 18.4 Å². The number of aryl methyl sites for hydroxylation is 1. The molecule has 2 heterocycles. The number of ether oxygens (including phenoxy) is 2. The second-order valence-corrected chi connectivity index (χ2v) is 6.63. The number of hydrogen-bond donors (Lipinski definition) is 0. The Balaban J connectivity index is 1.83. The van der Waals surface area contributed by atoms with Crippen LogP contribution >= 0.6 is 11.3 Å². The van der Waals surface area contributed by atoms with Crippen LogP contribution < -0.4 is 9.93 Å². The van der Waals surface area contributed by atoms with E-state index in [2.05, 4.69) is 11.1 Å². The zero-order valence-corrected chi connectivity index (χ0v) is 14.2. The molecule has 0 radical (unpaired) electrons. The SMILES string of the molecule is COCC1O[CH-][N+](=c2cc3sc(CCCCC#N)nc3c[cH-]2)C1=O. The summed E-state index contributed by atoms with van der Waals surface area (Å²) >= 11 is 1.63. The van der Waals surface area contributed by atoms with Gasteiger partial charge in [-0.1, -0.05) is 4.70 Å². The summed E-state index contributed by atoms with van der Waals surface area (Å²) in [4.78, 5) is 16.9. The summed E-state index contributed by atoms with van der Waals surface area (Å²) in [5.41, 5.74) is 0.931. The molecule has 0 spiro atoms. The van der Waals surface area contributed by atoms with Crippen LogP contribution in [0.25, 0.3) is 10.2 Å². The summed E-state index contributed by atoms with van der Waals surface area (Å²) in [6, 6.07) is 7.91. The first-order valence-electron chi connectivity index (χ1n) is 7.80. The highest BCUT2D eigenvalue weighted by molar-refractivity contribution is 7.18. The first kappa shape index (κ1) is 16.7. The van der Waals surface area contributed by atoms with Crippen molar-refractivity contribution >= 4 is 27.5 Å². The summed E-state index contributed by atoms with van der Waals surface area (Å²) in [6.07, 6.45) is 2.75. The topological polar surface area (TPSA) is 75.2 Å². The number of benzene rings is 1. The van der Waals surface area contributed by atoms with Crippen molar-refractivity contribution in [3.63, 3.8) is 0 Å². The predicted octanol–water partition coefficient (Wildman–Crippen LogP) is 1.71. The van der Waals surface area contributed by atoms with E-state index in [0.29, 0.717) is 6.42 Å². The Labute approximate surface area is 144 Å². The molecule has 1 fully saturated rings. The van der Waals surface area contributed by atoms with Gasteiger partial charge in [-0.05, 0) is 24.8 Å². The van der Waals surface area contributed by atoms with Crippen LogP contribution in [-0.2, 0) is 20.7 Å². The third-order valence-corrected chi connectivity index (χ3v) is 4.86. The summed E-state index contributed by atoms with van der Waals surface area (Å²) in [5.74, 6) is -0.127. The van der Waals surface area contributed by atoms with Gasteiger partial charge < -0.3 is 14.5 Å².